The molecule has 3 N–H and O–H groups in total. The molecule has 0 spiro atoms. The van der Waals surface area contributed by atoms with E-state index in [1.165, 1.54) is 199 Å². The lowest BCUT2D eigenvalue weighted by atomic mass is 10.0. The van der Waals surface area contributed by atoms with Gasteiger partial charge < -0.3 is 33.8 Å². The summed E-state index contributed by atoms with van der Waals surface area (Å²) in [6.07, 6.45) is 52.6. The van der Waals surface area contributed by atoms with E-state index < -0.39 is 97.5 Å². The van der Waals surface area contributed by atoms with Gasteiger partial charge in [-0.1, -0.05) is 337 Å². The minimum Gasteiger partial charge on any atom is -0.462 e. The van der Waals surface area contributed by atoms with Crippen LogP contribution in [0.4, 0.5) is 0 Å². The summed E-state index contributed by atoms with van der Waals surface area (Å²) in [7, 11) is -9.91. The number of aliphatic hydroxyl groups excluding tert-OH is 1. The first-order valence-corrected chi connectivity index (χ1v) is 42.3. The van der Waals surface area contributed by atoms with Gasteiger partial charge in [0.05, 0.1) is 26.4 Å². The number of carbonyl (C=O) groups excluding carboxylic acids is 4. The number of carbonyl (C=O) groups is 4. The first-order valence-electron chi connectivity index (χ1n) is 39.3. The van der Waals surface area contributed by atoms with Gasteiger partial charge in [0, 0.05) is 25.7 Å². The number of hydrogen-bond acceptors (Lipinski definition) is 15. The first-order chi connectivity index (χ1) is 45.7. The van der Waals surface area contributed by atoms with Crippen molar-refractivity contribution in [3.8, 4) is 0 Å². The summed E-state index contributed by atoms with van der Waals surface area (Å²) in [5.74, 6) is 0.156. The monoisotopic (exact) mass is 1400 g/mol. The number of esters is 4. The zero-order valence-electron chi connectivity index (χ0n) is 62.1. The molecule has 564 valence electrons. The normalized spacial score (nSPS) is 14.1. The van der Waals surface area contributed by atoms with E-state index >= 15 is 0 Å². The van der Waals surface area contributed by atoms with Gasteiger partial charge in [0.25, 0.3) is 0 Å². The number of aliphatic hydroxyl groups is 1. The third-order valence-corrected chi connectivity index (χ3v) is 19.5. The van der Waals surface area contributed by atoms with Crippen molar-refractivity contribution in [2.24, 2.45) is 17.8 Å². The number of unbranched alkanes of at least 4 members (excludes halogenated alkanes) is 42. The van der Waals surface area contributed by atoms with Crippen molar-refractivity contribution in [1.29, 1.82) is 0 Å². The van der Waals surface area contributed by atoms with E-state index in [4.69, 9.17) is 37.0 Å². The Hall–Kier alpha value is -1.94. The van der Waals surface area contributed by atoms with Gasteiger partial charge in [0.1, 0.15) is 19.3 Å². The van der Waals surface area contributed by atoms with Gasteiger partial charge in [-0.05, 0) is 43.4 Å². The molecule has 0 aliphatic rings. The Kier molecular flexibility index (Phi) is 65.2. The van der Waals surface area contributed by atoms with Crippen molar-refractivity contribution in [2.75, 3.05) is 39.6 Å². The summed E-state index contributed by atoms with van der Waals surface area (Å²) >= 11 is 0. The maximum atomic E-state index is 13.1. The number of phosphoric ester groups is 2. The molecule has 0 fully saturated rings. The van der Waals surface area contributed by atoms with E-state index in [0.717, 1.165) is 108 Å². The van der Waals surface area contributed by atoms with Crippen LogP contribution in [0.1, 0.15) is 389 Å². The highest BCUT2D eigenvalue weighted by Gasteiger charge is 2.30. The van der Waals surface area contributed by atoms with Crippen LogP contribution in [0.3, 0.4) is 0 Å². The molecular formula is C76H148O17P2. The highest BCUT2D eigenvalue weighted by atomic mass is 31.2. The largest absolute Gasteiger partial charge is 0.472 e. The molecular weight excluding hydrogens is 1250 g/mol. The zero-order valence-corrected chi connectivity index (χ0v) is 63.9. The Labute approximate surface area is 581 Å². The molecule has 5 atom stereocenters. The Morgan fingerprint density at radius 2 is 0.484 bits per heavy atom. The molecule has 2 unspecified atom stereocenters. The van der Waals surface area contributed by atoms with E-state index in [9.17, 15) is 43.2 Å². The highest BCUT2D eigenvalue weighted by Crippen LogP contribution is 2.45. The van der Waals surface area contributed by atoms with E-state index in [1.807, 2.05) is 0 Å². The van der Waals surface area contributed by atoms with Crippen LogP contribution < -0.4 is 0 Å². The summed E-state index contributed by atoms with van der Waals surface area (Å²) in [5, 5.41) is 10.6. The topological polar surface area (TPSA) is 237 Å². The van der Waals surface area contributed by atoms with Gasteiger partial charge >= 0.3 is 39.5 Å². The minimum absolute atomic E-state index is 0.105. The molecule has 17 nitrogen and oxygen atoms in total. The van der Waals surface area contributed by atoms with Gasteiger partial charge in [-0.15, -0.1) is 0 Å². The lowest BCUT2D eigenvalue weighted by Crippen LogP contribution is -2.30. The Balaban J connectivity index is 5.27. The number of phosphoric acid groups is 2. The number of hydrogen-bond donors (Lipinski definition) is 3. The summed E-state index contributed by atoms with van der Waals surface area (Å²) in [5.41, 5.74) is 0. The average Bonchev–Trinajstić information content (AvgIpc) is 1.44. The van der Waals surface area contributed by atoms with Crippen LogP contribution >= 0.6 is 15.6 Å². The van der Waals surface area contributed by atoms with Crippen LogP contribution in [0, 0.1) is 17.8 Å². The predicted molar refractivity (Wildman–Crippen MR) is 386 cm³/mol. The number of ether oxygens (including phenoxy) is 4. The van der Waals surface area contributed by atoms with Gasteiger partial charge in [-0.25, -0.2) is 9.13 Å². The van der Waals surface area contributed by atoms with Crippen molar-refractivity contribution < 1.29 is 80.2 Å². The molecule has 0 aromatic carbocycles. The average molecular weight is 1400 g/mol. The highest BCUT2D eigenvalue weighted by molar-refractivity contribution is 7.47. The minimum atomic E-state index is -4.96. The van der Waals surface area contributed by atoms with Gasteiger partial charge in [-0.2, -0.15) is 0 Å². The van der Waals surface area contributed by atoms with Crippen LogP contribution in [0.15, 0.2) is 0 Å². The van der Waals surface area contributed by atoms with Crippen LogP contribution in [0.25, 0.3) is 0 Å². The third kappa shape index (κ3) is 70.3. The fraction of sp³-hybridized carbons (Fsp3) is 0.947. The second kappa shape index (κ2) is 66.6. The van der Waals surface area contributed by atoms with Gasteiger partial charge in [0.15, 0.2) is 12.2 Å². The molecule has 0 aliphatic heterocycles. The smallest absolute Gasteiger partial charge is 0.462 e. The summed E-state index contributed by atoms with van der Waals surface area (Å²) in [4.78, 5) is 72.9. The van der Waals surface area contributed by atoms with E-state index in [1.54, 1.807) is 0 Å². The van der Waals surface area contributed by atoms with Crippen molar-refractivity contribution in [1.82, 2.24) is 0 Å². The van der Waals surface area contributed by atoms with Crippen molar-refractivity contribution in [3.05, 3.63) is 0 Å². The fourth-order valence-corrected chi connectivity index (χ4v) is 13.2. The van der Waals surface area contributed by atoms with Crippen LogP contribution in [-0.2, 0) is 65.4 Å². The molecule has 0 amide bonds. The van der Waals surface area contributed by atoms with E-state index in [-0.39, 0.29) is 25.7 Å². The number of rotatable bonds is 74. The quantitative estimate of drug-likeness (QED) is 0.0222. The molecule has 19 heteroatoms. The van der Waals surface area contributed by atoms with Crippen LogP contribution in [-0.4, -0.2) is 96.7 Å². The van der Waals surface area contributed by atoms with Crippen molar-refractivity contribution >= 4 is 39.5 Å². The Bertz CT molecular complexity index is 1850. The zero-order chi connectivity index (χ0) is 70.1. The van der Waals surface area contributed by atoms with Crippen molar-refractivity contribution in [2.45, 2.75) is 407 Å². The summed E-state index contributed by atoms with van der Waals surface area (Å²) in [6, 6.07) is 0. The second-order valence-corrected chi connectivity index (χ2v) is 31.7. The molecule has 95 heavy (non-hydrogen) atoms. The lowest BCUT2D eigenvalue weighted by molar-refractivity contribution is -0.161. The molecule has 0 rings (SSSR count). The molecule has 0 saturated heterocycles. The molecule has 0 aromatic rings. The molecule has 0 heterocycles. The third-order valence-electron chi connectivity index (χ3n) is 17.6. The summed E-state index contributed by atoms with van der Waals surface area (Å²) in [6.45, 7) is 11.9. The maximum absolute atomic E-state index is 13.1. The van der Waals surface area contributed by atoms with Crippen LogP contribution in [0.5, 0.6) is 0 Å². The lowest BCUT2D eigenvalue weighted by Gasteiger charge is -2.21. The van der Waals surface area contributed by atoms with E-state index in [0.29, 0.717) is 25.7 Å². The Morgan fingerprint density at radius 3 is 0.716 bits per heavy atom. The Morgan fingerprint density at radius 1 is 0.284 bits per heavy atom. The van der Waals surface area contributed by atoms with Gasteiger partial charge in [-0.3, -0.25) is 37.3 Å². The molecule has 0 saturated carbocycles. The fourth-order valence-electron chi connectivity index (χ4n) is 11.6. The standard InChI is InChI=1S/C76H148O17P2/c1-8-9-10-11-12-13-14-15-16-17-21-29-36-43-50-57-73(78)86-63-71(92-75(80)59-52-45-38-30-22-19-18-20-26-33-40-47-54-67(2)3)65-90-94(82,83)88-61-70(77)62-89-95(84,85)91-66-72(64-87-74(79)58-51-44-37-32-25-28-35-42-49-56-69(6)7)93-76(81)60-53-46-39-31-24-23-27-34-41-48-55-68(4)5/h67-72,77H,8-66H2,1-7H3,(H,82,83)(H,84,85)/t70-,71-,72-/m1/s1. The van der Waals surface area contributed by atoms with Crippen molar-refractivity contribution in [3.63, 3.8) is 0 Å². The molecule has 0 bridgehead atoms. The predicted octanol–water partition coefficient (Wildman–Crippen LogP) is 22.2. The SMILES string of the molecule is CCCCCCCCCCCCCCCCCC(=O)OC[C@H](COP(=O)(O)OC[C@@H](O)COP(=O)(O)OC[C@@H](COC(=O)CCCCCCCCCCCC(C)C)OC(=O)CCCCCCCCCCCCC(C)C)OC(=O)CCCCCCCCCCCCCCC(C)C. The van der Waals surface area contributed by atoms with Crippen LogP contribution in [0.2, 0.25) is 0 Å². The second-order valence-electron chi connectivity index (χ2n) is 28.8. The maximum Gasteiger partial charge on any atom is 0.472 e. The molecule has 0 aliphatic carbocycles. The van der Waals surface area contributed by atoms with E-state index in [2.05, 4.69) is 48.5 Å². The molecule has 0 aromatic heterocycles. The first kappa shape index (κ1) is 93.1. The summed E-state index contributed by atoms with van der Waals surface area (Å²) < 4.78 is 68.6. The molecule has 0 radical (unpaired) electrons. The van der Waals surface area contributed by atoms with Gasteiger partial charge in [0.2, 0.25) is 0 Å².